The molecule has 1 unspecified atom stereocenters. The van der Waals surface area contributed by atoms with Crippen molar-refractivity contribution < 1.29 is 0 Å². The fourth-order valence-electron chi connectivity index (χ4n) is 2.11. The van der Waals surface area contributed by atoms with E-state index in [9.17, 15) is 0 Å². The largest absolute Gasteiger partial charge is 0.271 e. The van der Waals surface area contributed by atoms with Crippen LogP contribution in [-0.2, 0) is 13.0 Å². The van der Waals surface area contributed by atoms with Crippen molar-refractivity contribution in [1.82, 2.24) is 20.2 Å². The summed E-state index contributed by atoms with van der Waals surface area (Å²) in [5.41, 5.74) is 4.79. The number of hydrogen-bond acceptors (Lipinski definition) is 4. The summed E-state index contributed by atoms with van der Waals surface area (Å²) in [5.74, 6) is 5.65. The van der Waals surface area contributed by atoms with Gasteiger partial charge in [0.2, 0.25) is 0 Å². The lowest BCUT2D eigenvalue weighted by Gasteiger charge is -2.17. The van der Waals surface area contributed by atoms with Gasteiger partial charge >= 0.3 is 0 Å². The van der Waals surface area contributed by atoms with Crippen molar-refractivity contribution in [3.63, 3.8) is 0 Å². The van der Waals surface area contributed by atoms with E-state index in [0.29, 0.717) is 5.02 Å². The van der Waals surface area contributed by atoms with Gasteiger partial charge in [-0.2, -0.15) is 5.10 Å². The van der Waals surface area contributed by atoms with E-state index in [4.69, 9.17) is 17.4 Å². The number of pyridine rings is 1. The van der Waals surface area contributed by atoms with E-state index < -0.39 is 0 Å². The van der Waals surface area contributed by atoms with Crippen LogP contribution in [-0.4, -0.2) is 14.8 Å². The normalized spacial score (nSPS) is 12.6. The Hall–Kier alpha value is -1.43. The van der Waals surface area contributed by atoms with Crippen LogP contribution in [0, 0.1) is 0 Å². The Kier molecular flexibility index (Phi) is 4.90. The van der Waals surface area contributed by atoms with Gasteiger partial charge in [0.1, 0.15) is 0 Å². The molecule has 5 nitrogen and oxygen atoms in total. The second-order valence-corrected chi connectivity index (χ2v) is 4.68. The maximum absolute atomic E-state index is 6.18. The number of aryl methyl sites for hydroxylation is 2. The van der Waals surface area contributed by atoms with E-state index in [2.05, 4.69) is 15.5 Å². The van der Waals surface area contributed by atoms with Gasteiger partial charge in [0.15, 0.2) is 0 Å². The van der Waals surface area contributed by atoms with Gasteiger partial charge in [0.05, 0.1) is 23.0 Å². The first kappa shape index (κ1) is 14.0. The number of nitrogens with one attached hydrogen (secondary N) is 1. The van der Waals surface area contributed by atoms with Gasteiger partial charge in [0.25, 0.3) is 0 Å². The SMILES string of the molecule is CCn1ncc(Cl)c1C(CCc1ccccn1)NN. The van der Waals surface area contributed by atoms with Crippen LogP contribution in [0.4, 0.5) is 0 Å². The molecule has 0 radical (unpaired) electrons. The lowest BCUT2D eigenvalue weighted by molar-refractivity contribution is 0.465. The molecule has 19 heavy (non-hydrogen) atoms. The molecule has 0 saturated carbocycles. The van der Waals surface area contributed by atoms with Crippen molar-refractivity contribution in [3.8, 4) is 0 Å². The monoisotopic (exact) mass is 279 g/mol. The fraction of sp³-hybridized carbons (Fsp3) is 0.385. The summed E-state index contributed by atoms with van der Waals surface area (Å²) < 4.78 is 1.87. The summed E-state index contributed by atoms with van der Waals surface area (Å²) in [7, 11) is 0. The van der Waals surface area contributed by atoms with Crippen LogP contribution in [0.5, 0.6) is 0 Å². The minimum absolute atomic E-state index is 0.0306. The minimum atomic E-state index is -0.0306. The third kappa shape index (κ3) is 3.32. The van der Waals surface area contributed by atoms with Gasteiger partial charge in [-0.25, -0.2) is 0 Å². The second-order valence-electron chi connectivity index (χ2n) is 4.27. The summed E-state index contributed by atoms with van der Waals surface area (Å²) in [6.07, 6.45) is 5.11. The Morgan fingerprint density at radius 1 is 1.47 bits per heavy atom. The second kappa shape index (κ2) is 6.65. The molecule has 2 heterocycles. The van der Waals surface area contributed by atoms with Crippen LogP contribution >= 0.6 is 11.6 Å². The van der Waals surface area contributed by atoms with E-state index >= 15 is 0 Å². The molecular formula is C13H18ClN5. The molecule has 0 spiro atoms. The lowest BCUT2D eigenvalue weighted by Crippen LogP contribution is -2.30. The smallest absolute Gasteiger partial charge is 0.0834 e. The first-order valence-corrected chi connectivity index (χ1v) is 6.71. The zero-order valence-corrected chi connectivity index (χ0v) is 11.6. The molecule has 2 aromatic rings. The molecule has 0 aliphatic heterocycles. The van der Waals surface area contributed by atoms with Crippen LogP contribution in [0.25, 0.3) is 0 Å². The van der Waals surface area contributed by atoms with E-state index in [1.165, 1.54) is 0 Å². The molecule has 6 heteroatoms. The Balaban J connectivity index is 2.10. The van der Waals surface area contributed by atoms with Gasteiger partial charge in [-0.3, -0.25) is 20.9 Å². The van der Waals surface area contributed by atoms with E-state index in [0.717, 1.165) is 30.8 Å². The van der Waals surface area contributed by atoms with E-state index in [1.807, 2.05) is 29.8 Å². The quantitative estimate of drug-likeness (QED) is 0.628. The third-order valence-corrected chi connectivity index (χ3v) is 3.37. The van der Waals surface area contributed by atoms with Crippen molar-refractivity contribution in [3.05, 3.63) is 47.0 Å². The average molecular weight is 280 g/mol. The number of hydrazine groups is 1. The molecule has 0 aromatic carbocycles. The van der Waals surface area contributed by atoms with Gasteiger partial charge in [-0.05, 0) is 31.9 Å². The predicted molar refractivity (Wildman–Crippen MR) is 75.5 cm³/mol. The molecule has 102 valence electrons. The third-order valence-electron chi connectivity index (χ3n) is 3.08. The topological polar surface area (TPSA) is 68.8 Å². The van der Waals surface area contributed by atoms with Crippen LogP contribution < -0.4 is 11.3 Å². The van der Waals surface area contributed by atoms with E-state index in [1.54, 1.807) is 12.4 Å². The number of nitrogens with zero attached hydrogens (tertiary/aromatic N) is 3. The summed E-state index contributed by atoms with van der Waals surface area (Å²) >= 11 is 6.18. The molecule has 0 saturated heterocycles. The molecule has 2 rings (SSSR count). The Labute approximate surface area is 117 Å². The number of halogens is 1. The fourth-order valence-corrected chi connectivity index (χ4v) is 2.38. The highest BCUT2D eigenvalue weighted by Crippen LogP contribution is 2.25. The zero-order valence-electron chi connectivity index (χ0n) is 10.9. The van der Waals surface area contributed by atoms with Gasteiger partial charge in [0, 0.05) is 18.4 Å². The standard InChI is InChI=1S/C13H18ClN5/c1-2-19-13(11(14)9-17-19)12(18-15)7-6-10-5-3-4-8-16-10/h3-5,8-9,12,18H,2,6-7,15H2,1H3. The molecular weight excluding hydrogens is 262 g/mol. The van der Waals surface area contributed by atoms with Gasteiger partial charge in [-0.15, -0.1) is 0 Å². The van der Waals surface area contributed by atoms with Crippen molar-refractivity contribution in [2.24, 2.45) is 5.84 Å². The Morgan fingerprint density at radius 2 is 2.32 bits per heavy atom. The summed E-state index contributed by atoms with van der Waals surface area (Å²) in [6, 6.07) is 5.87. The predicted octanol–water partition coefficient (Wildman–Crippen LogP) is 2.09. The van der Waals surface area contributed by atoms with Gasteiger partial charge < -0.3 is 0 Å². The van der Waals surface area contributed by atoms with Gasteiger partial charge in [-0.1, -0.05) is 17.7 Å². The van der Waals surface area contributed by atoms with E-state index in [-0.39, 0.29) is 6.04 Å². The van der Waals surface area contributed by atoms with Crippen LogP contribution in [0.1, 0.15) is 30.8 Å². The summed E-state index contributed by atoms with van der Waals surface area (Å²) in [4.78, 5) is 4.31. The maximum Gasteiger partial charge on any atom is 0.0834 e. The molecule has 0 fully saturated rings. The van der Waals surface area contributed by atoms with Crippen LogP contribution in [0.2, 0.25) is 5.02 Å². The van der Waals surface area contributed by atoms with Crippen molar-refractivity contribution >= 4 is 11.6 Å². The highest BCUT2D eigenvalue weighted by molar-refractivity contribution is 6.31. The molecule has 3 N–H and O–H groups in total. The molecule has 1 atom stereocenters. The zero-order chi connectivity index (χ0) is 13.7. The Bertz CT molecular complexity index is 511. The molecule has 0 aliphatic rings. The number of hydrogen-bond donors (Lipinski definition) is 2. The van der Waals surface area contributed by atoms with Crippen LogP contribution in [0.15, 0.2) is 30.6 Å². The molecule has 2 aromatic heterocycles. The molecule has 0 bridgehead atoms. The average Bonchev–Trinajstić information content (AvgIpc) is 2.82. The highest BCUT2D eigenvalue weighted by atomic mass is 35.5. The Morgan fingerprint density at radius 3 is 2.95 bits per heavy atom. The first-order chi connectivity index (χ1) is 9.26. The van der Waals surface area contributed by atoms with Crippen LogP contribution in [0.3, 0.4) is 0 Å². The first-order valence-electron chi connectivity index (χ1n) is 6.33. The maximum atomic E-state index is 6.18. The highest BCUT2D eigenvalue weighted by Gasteiger charge is 2.18. The molecule has 0 aliphatic carbocycles. The number of nitrogens with two attached hydrogens (primary N) is 1. The molecule has 0 amide bonds. The number of aromatic nitrogens is 3. The minimum Gasteiger partial charge on any atom is -0.271 e. The van der Waals surface area contributed by atoms with Crippen molar-refractivity contribution in [1.29, 1.82) is 0 Å². The number of rotatable bonds is 6. The summed E-state index contributed by atoms with van der Waals surface area (Å²) in [5, 5.41) is 4.88. The lowest BCUT2D eigenvalue weighted by atomic mass is 10.1. The van der Waals surface area contributed by atoms with Crippen molar-refractivity contribution in [2.45, 2.75) is 32.4 Å². The van der Waals surface area contributed by atoms with Crippen molar-refractivity contribution in [2.75, 3.05) is 0 Å². The summed E-state index contributed by atoms with van der Waals surface area (Å²) in [6.45, 7) is 2.79.